The predicted octanol–water partition coefficient (Wildman–Crippen LogP) is 5.53. The Balaban J connectivity index is 1.52. The number of imidazole rings is 1. The maximum atomic E-state index is 11.0. The molecule has 7 nitrogen and oxygen atoms in total. The molecule has 0 radical (unpaired) electrons. The van der Waals surface area contributed by atoms with Crippen molar-refractivity contribution >= 4 is 17.0 Å². The van der Waals surface area contributed by atoms with Crippen LogP contribution in [0.15, 0.2) is 104 Å². The number of aliphatic hydroxyl groups excluding tert-OH is 1. The first kappa shape index (κ1) is 24.3. The number of benzene rings is 3. The van der Waals surface area contributed by atoms with Crippen LogP contribution in [-0.2, 0) is 10.3 Å². The van der Waals surface area contributed by atoms with E-state index in [1.165, 1.54) is 6.33 Å². The van der Waals surface area contributed by atoms with Crippen LogP contribution in [0.25, 0.3) is 11.2 Å². The fourth-order valence-electron chi connectivity index (χ4n) is 5.65. The van der Waals surface area contributed by atoms with Crippen LogP contribution in [0.3, 0.4) is 0 Å². The van der Waals surface area contributed by atoms with Crippen LogP contribution in [0.4, 0.5) is 5.82 Å². The van der Waals surface area contributed by atoms with E-state index >= 15 is 0 Å². The lowest BCUT2D eigenvalue weighted by atomic mass is 9.77. The molecule has 38 heavy (non-hydrogen) atoms. The monoisotopic (exact) mass is 505 g/mol. The smallest absolute Gasteiger partial charge is 0.167 e. The van der Waals surface area contributed by atoms with Crippen molar-refractivity contribution in [2.75, 3.05) is 5.32 Å². The number of nitrogens with one attached hydrogen (secondary N) is 1. The van der Waals surface area contributed by atoms with Gasteiger partial charge in [0, 0.05) is 5.92 Å². The van der Waals surface area contributed by atoms with Crippen LogP contribution < -0.4 is 5.32 Å². The van der Waals surface area contributed by atoms with Crippen molar-refractivity contribution in [1.29, 1.82) is 0 Å². The van der Waals surface area contributed by atoms with E-state index in [1.807, 2.05) is 66.1 Å². The molecule has 1 aliphatic heterocycles. The number of ether oxygens (including phenoxy) is 1. The highest BCUT2D eigenvalue weighted by Gasteiger charge is 2.42. The summed E-state index contributed by atoms with van der Waals surface area (Å²) in [4.78, 5) is 14.0. The Bertz CT molecular complexity index is 1410. The minimum absolute atomic E-state index is 0.0174. The molecule has 3 heterocycles. The Morgan fingerprint density at radius 3 is 1.89 bits per heavy atom. The van der Waals surface area contributed by atoms with Gasteiger partial charge in [-0.3, -0.25) is 4.57 Å². The van der Waals surface area contributed by atoms with Crippen LogP contribution in [0.1, 0.15) is 43.2 Å². The lowest BCUT2D eigenvalue weighted by Gasteiger charge is -2.37. The zero-order valence-electron chi connectivity index (χ0n) is 21.5. The van der Waals surface area contributed by atoms with Gasteiger partial charge >= 0.3 is 0 Å². The highest BCUT2D eigenvalue weighted by atomic mass is 16.5. The summed E-state index contributed by atoms with van der Waals surface area (Å²) in [5.74, 6) is 0.613. The Morgan fingerprint density at radius 2 is 1.39 bits per heavy atom. The van der Waals surface area contributed by atoms with E-state index < -0.39 is 17.9 Å². The topological polar surface area (TPSA) is 85.1 Å². The molecular formula is C31H31N5O2. The van der Waals surface area contributed by atoms with Gasteiger partial charge in [0.1, 0.15) is 18.0 Å². The maximum Gasteiger partial charge on any atom is 0.167 e. The van der Waals surface area contributed by atoms with Crippen LogP contribution in [0.2, 0.25) is 0 Å². The summed E-state index contributed by atoms with van der Waals surface area (Å²) >= 11 is 0. The number of hydrogen-bond acceptors (Lipinski definition) is 6. The molecule has 4 atom stereocenters. The minimum atomic E-state index is -0.750. The average molecular weight is 506 g/mol. The quantitative estimate of drug-likeness (QED) is 0.283. The van der Waals surface area contributed by atoms with Gasteiger partial charge in [-0.1, -0.05) is 105 Å². The van der Waals surface area contributed by atoms with Gasteiger partial charge in [-0.15, -0.1) is 0 Å². The summed E-state index contributed by atoms with van der Waals surface area (Å²) in [6.45, 7) is 4.09. The maximum absolute atomic E-state index is 11.0. The highest BCUT2D eigenvalue weighted by molar-refractivity contribution is 5.84. The van der Waals surface area contributed by atoms with Crippen molar-refractivity contribution in [1.82, 2.24) is 19.5 Å². The Morgan fingerprint density at radius 1 is 0.842 bits per heavy atom. The average Bonchev–Trinajstić information content (AvgIpc) is 3.54. The molecule has 0 amide bonds. The van der Waals surface area contributed by atoms with Crippen molar-refractivity contribution in [2.45, 2.75) is 44.2 Å². The van der Waals surface area contributed by atoms with Gasteiger partial charge in [0.05, 0.1) is 12.4 Å². The van der Waals surface area contributed by atoms with E-state index in [9.17, 15) is 5.11 Å². The van der Waals surface area contributed by atoms with Crippen LogP contribution in [0.5, 0.6) is 0 Å². The molecule has 2 aromatic heterocycles. The molecule has 3 aromatic carbocycles. The molecule has 6 rings (SSSR count). The zero-order valence-corrected chi connectivity index (χ0v) is 21.5. The van der Waals surface area contributed by atoms with E-state index in [2.05, 4.69) is 58.6 Å². The third kappa shape index (κ3) is 3.95. The fraction of sp³-hybridized carbons (Fsp3) is 0.258. The second-order valence-electron chi connectivity index (χ2n) is 9.84. The number of hydrogen-bond donors (Lipinski definition) is 2. The summed E-state index contributed by atoms with van der Waals surface area (Å²) in [6, 6.07) is 31.1. The van der Waals surface area contributed by atoms with Gasteiger partial charge in [-0.25, -0.2) is 15.0 Å². The molecule has 1 unspecified atom stereocenters. The highest BCUT2D eigenvalue weighted by Crippen LogP contribution is 2.41. The van der Waals surface area contributed by atoms with E-state index in [1.54, 1.807) is 6.33 Å². The van der Waals surface area contributed by atoms with E-state index in [0.29, 0.717) is 17.0 Å². The second-order valence-corrected chi connectivity index (χ2v) is 9.84. The summed E-state index contributed by atoms with van der Waals surface area (Å²) in [5.41, 5.74) is 3.68. The normalized spacial score (nSPS) is 21.6. The van der Waals surface area contributed by atoms with E-state index in [0.717, 1.165) is 23.1 Å². The second kappa shape index (κ2) is 10.0. The molecule has 1 aliphatic rings. The first-order valence-corrected chi connectivity index (χ1v) is 13.1. The van der Waals surface area contributed by atoms with Gasteiger partial charge in [0.25, 0.3) is 0 Å². The third-order valence-electron chi connectivity index (χ3n) is 7.69. The molecule has 1 fully saturated rings. The largest absolute Gasteiger partial charge is 0.388 e. The Kier molecular flexibility index (Phi) is 6.39. The standard InChI is InChI=1S/C31H31N5O2/c1-3-25-21(2)27(37)30(38-25)36-20-34-26-28(32-19-33-29(26)36)35-31(22-13-7-4-8-14-22,23-15-9-5-10-16-23)24-17-11-6-12-18-24/h4-21,25,27,30,37H,3H2,1-2H3,(H,32,33,35)/t21-,25+,27?,30+/m0/s1. The SMILES string of the molecule is CC[C@H]1O[C@@H](n2cnc3c(NC(c4ccccc4)(c4ccccc4)c4ccccc4)ncnc32)C(O)[C@H]1C. The Labute approximate surface area is 222 Å². The molecule has 0 saturated carbocycles. The number of aromatic nitrogens is 4. The lowest BCUT2D eigenvalue weighted by Crippen LogP contribution is -2.38. The number of nitrogens with zero attached hydrogens (tertiary/aromatic N) is 4. The van der Waals surface area contributed by atoms with Gasteiger partial charge in [0.15, 0.2) is 23.2 Å². The van der Waals surface area contributed by atoms with Crippen LogP contribution in [0, 0.1) is 5.92 Å². The summed E-state index contributed by atoms with van der Waals surface area (Å²) in [5, 5.41) is 14.8. The van der Waals surface area contributed by atoms with Crippen LogP contribution >= 0.6 is 0 Å². The molecule has 0 spiro atoms. The molecular weight excluding hydrogens is 474 g/mol. The fourth-order valence-corrected chi connectivity index (χ4v) is 5.65. The van der Waals surface area contributed by atoms with Crippen molar-refractivity contribution in [3.05, 3.63) is 120 Å². The molecule has 5 aromatic rings. The molecule has 7 heteroatoms. The predicted molar refractivity (Wildman–Crippen MR) is 148 cm³/mol. The third-order valence-corrected chi connectivity index (χ3v) is 7.69. The minimum Gasteiger partial charge on any atom is -0.388 e. The van der Waals surface area contributed by atoms with Crippen molar-refractivity contribution < 1.29 is 9.84 Å². The molecule has 192 valence electrons. The molecule has 0 aliphatic carbocycles. The first-order chi connectivity index (χ1) is 18.6. The number of aliphatic hydroxyl groups is 1. The first-order valence-electron chi connectivity index (χ1n) is 13.1. The molecule has 0 bridgehead atoms. The molecule has 1 saturated heterocycles. The van der Waals surface area contributed by atoms with Gasteiger partial charge in [-0.05, 0) is 23.1 Å². The van der Waals surface area contributed by atoms with Gasteiger partial charge in [0.2, 0.25) is 0 Å². The van der Waals surface area contributed by atoms with Crippen LogP contribution in [-0.4, -0.2) is 36.8 Å². The lowest BCUT2D eigenvalue weighted by molar-refractivity contribution is -0.0355. The number of rotatable bonds is 7. The van der Waals surface area contributed by atoms with E-state index in [4.69, 9.17) is 9.72 Å². The summed E-state index contributed by atoms with van der Waals surface area (Å²) < 4.78 is 8.06. The van der Waals surface area contributed by atoms with Crippen molar-refractivity contribution in [2.24, 2.45) is 5.92 Å². The van der Waals surface area contributed by atoms with E-state index in [-0.39, 0.29) is 12.0 Å². The number of anilines is 1. The summed E-state index contributed by atoms with van der Waals surface area (Å²) in [6.07, 6.45) is 2.84. The van der Waals surface area contributed by atoms with Crippen molar-refractivity contribution in [3.63, 3.8) is 0 Å². The Hall–Kier alpha value is -4.07. The molecule has 2 N–H and O–H groups in total. The summed E-state index contributed by atoms with van der Waals surface area (Å²) in [7, 11) is 0. The van der Waals surface area contributed by atoms with Crippen molar-refractivity contribution in [3.8, 4) is 0 Å². The van der Waals surface area contributed by atoms with Gasteiger partial charge in [-0.2, -0.15) is 0 Å². The zero-order chi connectivity index (χ0) is 26.1. The number of fused-ring (bicyclic) bond motifs is 1. The van der Waals surface area contributed by atoms with Gasteiger partial charge < -0.3 is 15.2 Å².